The standard InChI is InChI=1S/C4H8N2/c1-5-3-4-6-2/h3-4H,1-2H3/b5-3-,6-4-. The second-order valence-corrected chi connectivity index (χ2v) is 0.815. The van der Waals surface area contributed by atoms with E-state index in [2.05, 4.69) is 9.98 Å². The first kappa shape index (κ1) is 5.34. The van der Waals surface area contributed by atoms with Gasteiger partial charge in [-0.05, 0) is 0 Å². The first-order chi connectivity index (χ1) is 2.91. The van der Waals surface area contributed by atoms with Crippen molar-refractivity contribution in [1.82, 2.24) is 0 Å². The van der Waals surface area contributed by atoms with Gasteiger partial charge in [0.1, 0.15) is 0 Å². The maximum Gasteiger partial charge on any atom is 0.0387 e. The van der Waals surface area contributed by atoms with Gasteiger partial charge in [0.2, 0.25) is 0 Å². The van der Waals surface area contributed by atoms with Gasteiger partial charge >= 0.3 is 0 Å². The minimum Gasteiger partial charge on any atom is -0.295 e. The van der Waals surface area contributed by atoms with Gasteiger partial charge in [-0.25, -0.2) is 0 Å². The smallest absolute Gasteiger partial charge is 0.0387 e. The molecule has 0 unspecified atom stereocenters. The van der Waals surface area contributed by atoms with Gasteiger partial charge < -0.3 is 0 Å². The Bertz CT molecular complexity index is 53.9. The third-order valence-electron chi connectivity index (χ3n) is 0.365. The quantitative estimate of drug-likeness (QED) is 0.410. The van der Waals surface area contributed by atoms with E-state index in [0.29, 0.717) is 0 Å². The first-order valence-electron chi connectivity index (χ1n) is 1.74. The summed E-state index contributed by atoms with van der Waals surface area (Å²) in [5, 5.41) is 0. The topological polar surface area (TPSA) is 24.7 Å². The van der Waals surface area contributed by atoms with Gasteiger partial charge in [-0.3, -0.25) is 9.98 Å². The Morgan fingerprint density at radius 3 is 1.50 bits per heavy atom. The molecule has 0 radical (unpaired) electrons. The molecule has 34 valence electrons. The Morgan fingerprint density at radius 2 is 1.33 bits per heavy atom. The lowest BCUT2D eigenvalue weighted by molar-refractivity contribution is 1.46. The van der Waals surface area contributed by atoms with Gasteiger partial charge in [-0.2, -0.15) is 0 Å². The van der Waals surface area contributed by atoms with Crippen molar-refractivity contribution in [2.75, 3.05) is 14.1 Å². The van der Waals surface area contributed by atoms with Crippen LogP contribution in [0.3, 0.4) is 0 Å². The first-order valence-corrected chi connectivity index (χ1v) is 1.74. The van der Waals surface area contributed by atoms with Gasteiger partial charge in [-0.15, -0.1) is 0 Å². The molecule has 0 fully saturated rings. The molecule has 0 saturated heterocycles. The highest BCUT2D eigenvalue weighted by Gasteiger charge is 1.49. The highest BCUT2D eigenvalue weighted by atomic mass is 14.7. The fraction of sp³-hybridized carbons (Fsp3) is 0.500. The second kappa shape index (κ2) is 4.34. The molecule has 0 rings (SSSR count). The summed E-state index contributed by atoms with van der Waals surface area (Å²) < 4.78 is 0. The highest BCUT2D eigenvalue weighted by molar-refractivity contribution is 6.15. The van der Waals surface area contributed by atoms with E-state index in [0.717, 1.165) is 0 Å². The number of aliphatic imine (C=N–C) groups is 2. The van der Waals surface area contributed by atoms with Crippen LogP contribution in [0.15, 0.2) is 9.98 Å². The summed E-state index contributed by atoms with van der Waals surface area (Å²) >= 11 is 0. The average molecular weight is 84.1 g/mol. The molecule has 0 saturated carbocycles. The predicted molar refractivity (Wildman–Crippen MR) is 28.8 cm³/mol. The number of hydrogen-bond acceptors (Lipinski definition) is 2. The molecule has 0 amide bonds. The predicted octanol–water partition coefficient (Wildman–Crippen LogP) is 0.388. The molecule has 0 N–H and O–H groups in total. The van der Waals surface area contributed by atoms with Gasteiger partial charge in [0, 0.05) is 26.5 Å². The van der Waals surface area contributed by atoms with Crippen LogP contribution in [0.2, 0.25) is 0 Å². The van der Waals surface area contributed by atoms with Crippen LogP contribution in [0.5, 0.6) is 0 Å². The van der Waals surface area contributed by atoms with Crippen LogP contribution >= 0.6 is 0 Å². The fourth-order valence-corrected chi connectivity index (χ4v) is 0.133. The van der Waals surface area contributed by atoms with Crippen LogP contribution in [0.25, 0.3) is 0 Å². The zero-order chi connectivity index (χ0) is 4.83. The molecule has 0 bridgehead atoms. The molecule has 0 aromatic carbocycles. The Kier molecular flexibility index (Phi) is 3.86. The van der Waals surface area contributed by atoms with Crippen LogP contribution in [0.4, 0.5) is 0 Å². The molecular formula is C4H8N2. The van der Waals surface area contributed by atoms with E-state index >= 15 is 0 Å². The van der Waals surface area contributed by atoms with E-state index in [-0.39, 0.29) is 0 Å². The molecule has 0 heterocycles. The van der Waals surface area contributed by atoms with Crippen LogP contribution in [-0.4, -0.2) is 26.5 Å². The third-order valence-corrected chi connectivity index (χ3v) is 0.365. The zero-order valence-corrected chi connectivity index (χ0v) is 4.05. The molecule has 0 atom stereocenters. The highest BCUT2D eigenvalue weighted by Crippen LogP contribution is 1.46. The lowest BCUT2D eigenvalue weighted by atomic mass is 10.8. The van der Waals surface area contributed by atoms with Gasteiger partial charge in [-0.1, -0.05) is 0 Å². The van der Waals surface area contributed by atoms with E-state index in [4.69, 9.17) is 0 Å². The molecule has 0 spiro atoms. The average Bonchev–Trinajstić information content (AvgIpc) is 1.61. The fourth-order valence-electron chi connectivity index (χ4n) is 0.133. The van der Waals surface area contributed by atoms with Crippen molar-refractivity contribution in [3.8, 4) is 0 Å². The van der Waals surface area contributed by atoms with Crippen LogP contribution in [-0.2, 0) is 0 Å². The summed E-state index contributed by atoms with van der Waals surface area (Å²) in [6.45, 7) is 0. The van der Waals surface area contributed by atoms with Gasteiger partial charge in [0.15, 0.2) is 0 Å². The van der Waals surface area contributed by atoms with E-state index in [1.54, 1.807) is 26.5 Å². The zero-order valence-electron chi connectivity index (χ0n) is 4.05. The molecule has 2 nitrogen and oxygen atoms in total. The van der Waals surface area contributed by atoms with Crippen molar-refractivity contribution in [3.63, 3.8) is 0 Å². The molecule has 0 aromatic rings. The summed E-state index contributed by atoms with van der Waals surface area (Å²) in [6, 6.07) is 0. The van der Waals surface area contributed by atoms with Crippen molar-refractivity contribution >= 4 is 12.4 Å². The van der Waals surface area contributed by atoms with Gasteiger partial charge in [0.25, 0.3) is 0 Å². The van der Waals surface area contributed by atoms with Crippen molar-refractivity contribution in [2.45, 2.75) is 0 Å². The van der Waals surface area contributed by atoms with E-state index in [1.165, 1.54) is 0 Å². The summed E-state index contributed by atoms with van der Waals surface area (Å²) in [5.41, 5.74) is 0. The van der Waals surface area contributed by atoms with Crippen molar-refractivity contribution in [2.24, 2.45) is 9.98 Å². The Morgan fingerprint density at radius 1 is 1.00 bits per heavy atom. The molecule has 0 aliphatic rings. The molecule has 2 heteroatoms. The molecule has 0 aliphatic heterocycles. The van der Waals surface area contributed by atoms with E-state index in [9.17, 15) is 0 Å². The van der Waals surface area contributed by atoms with E-state index in [1.807, 2.05) is 0 Å². The number of nitrogens with zero attached hydrogens (tertiary/aromatic N) is 2. The molecular weight excluding hydrogens is 76.1 g/mol. The minimum absolute atomic E-state index is 1.64. The third kappa shape index (κ3) is 3.34. The molecule has 0 aromatic heterocycles. The van der Waals surface area contributed by atoms with Crippen molar-refractivity contribution in [1.29, 1.82) is 0 Å². The minimum atomic E-state index is 1.64. The summed E-state index contributed by atoms with van der Waals surface area (Å²) in [4.78, 5) is 7.30. The maximum atomic E-state index is 3.65. The normalized spacial score (nSPS) is 11.7. The SMILES string of the molecule is C/N=C\C=N/C. The lowest BCUT2D eigenvalue weighted by Gasteiger charge is -1.64. The largest absolute Gasteiger partial charge is 0.295 e. The van der Waals surface area contributed by atoms with Gasteiger partial charge in [0.05, 0.1) is 0 Å². The monoisotopic (exact) mass is 84.1 g/mol. The van der Waals surface area contributed by atoms with Crippen molar-refractivity contribution < 1.29 is 0 Å². The molecule has 6 heavy (non-hydrogen) atoms. The molecule has 0 aliphatic carbocycles. The Labute approximate surface area is 37.6 Å². The number of hydrogen-bond donors (Lipinski definition) is 0. The number of rotatable bonds is 1. The Hall–Kier alpha value is -0.660. The van der Waals surface area contributed by atoms with Crippen LogP contribution in [0, 0.1) is 0 Å². The second-order valence-electron chi connectivity index (χ2n) is 0.815. The summed E-state index contributed by atoms with van der Waals surface area (Å²) in [5.74, 6) is 0. The lowest BCUT2D eigenvalue weighted by Crippen LogP contribution is -1.69. The summed E-state index contributed by atoms with van der Waals surface area (Å²) in [7, 11) is 3.42. The van der Waals surface area contributed by atoms with Crippen LogP contribution in [0.1, 0.15) is 0 Å². The maximum absolute atomic E-state index is 3.65. The van der Waals surface area contributed by atoms with Crippen LogP contribution < -0.4 is 0 Å². The summed E-state index contributed by atoms with van der Waals surface area (Å²) in [6.07, 6.45) is 3.28. The Balaban J connectivity index is 3.07. The van der Waals surface area contributed by atoms with Crippen molar-refractivity contribution in [3.05, 3.63) is 0 Å². The van der Waals surface area contributed by atoms with E-state index < -0.39 is 0 Å².